The second kappa shape index (κ2) is 9.21. The van der Waals surface area contributed by atoms with E-state index < -0.39 is 0 Å². The van der Waals surface area contributed by atoms with Crippen LogP contribution in [0.5, 0.6) is 0 Å². The Morgan fingerprint density at radius 3 is 2.54 bits per heavy atom. The van der Waals surface area contributed by atoms with E-state index in [0.29, 0.717) is 11.3 Å². The molecule has 0 aliphatic heterocycles. The Hall–Kier alpha value is -2.38. The molecule has 7 heteroatoms. The zero-order chi connectivity index (χ0) is 20.1. The highest BCUT2D eigenvalue weighted by molar-refractivity contribution is 8.00. The molecule has 2 aromatic carbocycles. The number of benzene rings is 2. The van der Waals surface area contributed by atoms with E-state index in [9.17, 15) is 9.59 Å². The first kappa shape index (κ1) is 20.4. The molecule has 0 N–H and O–H groups in total. The Morgan fingerprint density at radius 1 is 1.11 bits per heavy atom. The van der Waals surface area contributed by atoms with Gasteiger partial charge in [0.15, 0.2) is 4.80 Å². The fourth-order valence-corrected chi connectivity index (χ4v) is 4.56. The number of carbonyl (C=O) groups excluding carboxylic acids is 2. The predicted molar refractivity (Wildman–Crippen MR) is 114 cm³/mol. The van der Waals surface area contributed by atoms with Gasteiger partial charge in [-0.2, -0.15) is 4.99 Å². The van der Waals surface area contributed by atoms with Crippen molar-refractivity contribution in [1.29, 1.82) is 0 Å². The van der Waals surface area contributed by atoms with E-state index in [1.165, 1.54) is 35.8 Å². The summed E-state index contributed by atoms with van der Waals surface area (Å²) in [7, 11) is 1.37. The molecule has 0 unspecified atom stereocenters. The lowest BCUT2D eigenvalue weighted by molar-refractivity contribution is -0.140. The number of methoxy groups -OCH3 is 1. The first-order chi connectivity index (χ1) is 13.5. The Morgan fingerprint density at radius 2 is 1.82 bits per heavy atom. The van der Waals surface area contributed by atoms with Gasteiger partial charge in [-0.1, -0.05) is 35.1 Å². The minimum atomic E-state index is -0.286. The molecule has 0 saturated heterocycles. The van der Waals surface area contributed by atoms with Crippen LogP contribution in [0.1, 0.15) is 17.5 Å². The van der Waals surface area contributed by atoms with Gasteiger partial charge >= 0.3 is 5.97 Å². The van der Waals surface area contributed by atoms with Crippen LogP contribution in [-0.4, -0.2) is 29.3 Å². The van der Waals surface area contributed by atoms with Crippen molar-refractivity contribution in [3.63, 3.8) is 0 Å². The zero-order valence-corrected chi connectivity index (χ0v) is 17.7. The number of fused-ring (bicyclic) bond motifs is 1. The molecule has 3 aromatic rings. The van der Waals surface area contributed by atoms with Gasteiger partial charge in [0.2, 0.25) is 0 Å². The topological polar surface area (TPSA) is 60.7 Å². The van der Waals surface area contributed by atoms with Crippen LogP contribution < -0.4 is 4.80 Å². The summed E-state index contributed by atoms with van der Waals surface area (Å²) in [5, 5.41) is 0. The lowest BCUT2D eigenvalue weighted by Crippen LogP contribution is -2.19. The lowest BCUT2D eigenvalue weighted by atomic mass is 10.2. The normalized spacial score (nSPS) is 11.8. The molecular formula is C21H22N2O3S2. The number of amides is 1. The Bertz CT molecular complexity index is 1070. The molecule has 0 saturated carbocycles. The molecule has 0 fully saturated rings. The molecular weight excluding hydrogens is 392 g/mol. The van der Waals surface area contributed by atoms with Crippen LogP contribution in [0.3, 0.4) is 0 Å². The zero-order valence-electron chi connectivity index (χ0n) is 16.1. The number of nitrogens with zero attached hydrogens (tertiary/aromatic N) is 2. The third kappa shape index (κ3) is 5.11. The van der Waals surface area contributed by atoms with Crippen molar-refractivity contribution < 1.29 is 14.3 Å². The molecule has 0 radical (unpaired) electrons. The first-order valence-corrected chi connectivity index (χ1v) is 10.7. The van der Waals surface area contributed by atoms with Crippen molar-refractivity contribution in [3.8, 4) is 0 Å². The van der Waals surface area contributed by atoms with E-state index in [0.717, 1.165) is 20.7 Å². The molecule has 3 rings (SSSR count). The summed E-state index contributed by atoms with van der Waals surface area (Å²) in [6, 6.07) is 14.2. The molecule has 1 heterocycles. The SMILES string of the molecule is COC(=O)CCn1c(=NC(=O)CSc2ccc(C)cc2)sc2cc(C)ccc21. The van der Waals surface area contributed by atoms with Crippen molar-refractivity contribution in [3.05, 3.63) is 58.4 Å². The summed E-state index contributed by atoms with van der Waals surface area (Å²) in [5.41, 5.74) is 3.30. The van der Waals surface area contributed by atoms with Gasteiger partial charge in [-0.15, -0.1) is 11.8 Å². The van der Waals surface area contributed by atoms with Gasteiger partial charge in [-0.3, -0.25) is 9.59 Å². The minimum absolute atomic E-state index is 0.194. The van der Waals surface area contributed by atoms with Gasteiger partial charge in [-0.25, -0.2) is 0 Å². The molecule has 5 nitrogen and oxygen atoms in total. The molecule has 1 aromatic heterocycles. The quantitative estimate of drug-likeness (QED) is 0.450. The second-order valence-electron chi connectivity index (χ2n) is 6.44. The van der Waals surface area contributed by atoms with Crippen LogP contribution in [0.25, 0.3) is 10.2 Å². The summed E-state index contributed by atoms with van der Waals surface area (Å²) in [6.07, 6.45) is 0.232. The van der Waals surface area contributed by atoms with Crippen molar-refractivity contribution in [2.24, 2.45) is 4.99 Å². The number of carbonyl (C=O) groups is 2. The van der Waals surface area contributed by atoms with E-state index in [1.807, 2.05) is 54.8 Å². The second-order valence-corrected chi connectivity index (χ2v) is 8.50. The predicted octanol–water partition coefficient (Wildman–Crippen LogP) is 4.10. The maximum Gasteiger partial charge on any atom is 0.307 e. The van der Waals surface area contributed by atoms with Crippen molar-refractivity contribution in [2.45, 2.75) is 31.7 Å². The highest BCUT2D eigenvalue weighted by Crippen LogP contribution is 2.20. The highest BCUT2D eigenvalue weighted by atomic mass is 32.2. The minimum Gasteiger partial charge on any atom is -0.469 e. The molecule has 28 heavy (non-hydrogen) atoms. The van der Waals surface area contributed by atoms with Crippen LogP contribution in [0, 0.1) is 13.8 Å². The number of thiazole rings is 1. The number of esters is 1. The number of aryl methyl sites for hydroxylation is 3. The fraction of sp³-hybridized carbons (Fsp3) is 0.286. The first-order valence-electron chi connectivity index (χ1n) is 8.90. The van der Waals surface area contributed by atoms with Crippen LogP contribution in [-0.2, 0) is 20.9 Å². The van der Waals surface area contributed by atoms with Crippen LogP contribution in [0.4, 0.5) is 0 Å². The standard InChI is InChI=1S/C21H22N2O3S2/c1-14-4-7-16(8-5-14)27-13-19(24)22-21-23(11-10-20(25)26-3)17-9-6-15(2)12-18(17)28-21/h4-9,12H,10-11,13H2,1-3H3. The number of aromatic nitrogens is 1. The van der Waals surface area contributed by atoms with Crippen LogP contribution in [0.15, 0.2) is 52.4 Å². The van der Waals surface area contributed by atoms with Gasteiger partial charge < -0.3 is 9.30 Å². The molecule has 0 aliphatic rings. The van der Waals surface area contributed by atoms with E-state index >= 15 is 0 Å². The van der Waals surface area contributed by atoms with Gasteiger partial charge in [0.25, 0.3) is 5.91 Å². The molecule has 146 valence electrons. The van der Waals surface area contributed by atoms with Crippen molar-refractivity contribution in [2.75, 3.05) is 12.9 Å². The monoisotopic (exact) mass is 414 g/mol. The highest BCUT2D eigenvalue weighted by Gasteiger charge is 2.11. The largest absolute Gasteiger partial charge is 0.469 e. The number of thioether (sulfide) groups is 1. The maximum absolute atomic E-state index is 12.5. The third-order valence-corrected chi connectivity index (χ3v) is 6.25. The molecule has 0 spiro atoms. The van der Waals surface area contributed by atoms with E-state index in [1.54, 1.807) is 0 Å². The summed E-state index contributed by atoms with van der Waals surface area (Å²) in [4.78, 5) is 30.0. The number of hydrogen-bond acceptors (Lipinski definition) is 5. The summed E-state index contributed by atoms with van der Waals surface area (Å²) in [5.74, 6) is -0.209. The maximum atomic E-state index is 12.5. The smallest absolute Gasteiger partial charge is 0.307 e. The Labute approximate surface area is 172 Å². The molecule has 0 atom stereocenters. The van der Waals surface area contributed by atoms with Gasteiger partial charge in [0.05, 0.1) is 29.5 Å². The summed E-state index contributed by atoms with van der Waals surface area (Å²) >= 11 is 2.93. The van der Waals surface area contributed by atoms with E-state index in [2.05, 4.69) is 11.1 Å². The van der Waals surface area contributed by atoms with Crippen molar-refractivity contribution in [1.82, 2.24) is 4.57 Å². The third-order valence-electron chi connectivity index (χ3n) is 4.21. The van der Waals surface area contributed by atoms with Crippen LogP contribution >= 0.6 is 23.1 Å². The van der Waals surface area contributed by atoms with E-state index in [-0.39, 0.29) is 24.1 Å². The van der Waals surface area contributed by atoms with Gasteiger partial charge in [0, 0.05) is 11.4 Å². The number of ether oxygens (including phenoxy) is 1. The Kier molecular flexibility index (Phi) is 6.70. The average Bonchev–Trinajstić information content (AvgIpc) is 3.01. The fourth-order valence-electron chi connectivity index (χ4n) is 2.71. The van der Waals surface area contributed by atoms with Gasteiger partial charge in [0.1, 0.15) is 0 Å². The summed E-state index contributed by atoms with van der Waals surface area (Å²) < 4.78 is 7.71. The average molecular weight is 415 g/mol. The Balaban J connectivity index is 1.85. The van der Waals surface area contributed by atoms with Crippen molar-refractivity contribution >= 4 is 45.2 Å². The molecule has 1 amide bonds. The number of hydrogen-bond donors (Lipinski definition) is 0. The molecule has 0 bridgehead atoms. The van der Waals surface area contributed by atoms with Crippen LogP contribution in [0.2, 0.25) is 0 Å². The van der Waals surface area contributed by atoms with E-state index in [4.69, 9.17) is 4.74 Å². The summed E-state index contributed by atoms with van der Waals surface area (Å²) in [6.45, 7) is 4.48. The number of rotatable bonds is 6. The molecule has 0 aliphatic carbocycles. The van der Waals surface area contributed by atoms with Gasteiger partial charge in [-0.05, 0) is 43.7 Å². The lowest BCUT2D eigenvalue weighted by Gasteiger charge is -2.04.